The van der Waals surface area contributed by atoms with Gasteiger partial charge in [0.25, 0.3) is 0 Å². The lowest BCUT2D eigenvalue weighted by molar-refractivity contribution is 0.164. The number of aliphatic imine (C=N–C) groups is 1. The molecular weight excluding hydrogens is 665 g/mol. The first-order valence-corrected chi connectivity index (χ1v) is 22.3. The molecule has 2 aromatic rings. The minimum atomic E-state index is 0.0977. The van der Waals surface area contributed by atoms with E-state index in [1.807, 2.05) is 0 Å². The highest BCUT2D eigenvalue weighted by Crippen LogP contribution is 2.49. The maximum absolute atomic E-state index is 5.44. The van der Waals surface area contributed by atoms with Gasteiger partial charge in [-0.3, -0.25) is 0 Å². The maximum atomic E-state index is 5.44. The summed E-state index contributed by atoms with van der Waals surface area (Å²) in [4.78, 5) is 7.99. The van der Waals surface area contributed by atoms with E-state index in [1.54, 1.807) is 5.56 Å². The first-order chi connectivity index (χ1) is 26.7. The van der Waals surface area contributed by atoms with E-state index in [0.717, 1.165) is 37.0 Å². The molecule has 292 valence electrons. The van der Waals surface area contributed by atoms with Gasteiger partial charge in [-0.15, -0.1) is 0 Å². The Bertz CT molecular complexity index is 1810. The second-order valence-corrected chi connectivity index (χ2v) is 18.5. The molecule has 2 nitrogen and oxygen atoms in total. The van der Waals surface area contributed by atoms with Crippen LogP contribution < -0.4 is 0 Å². The molecule has 0 bridgehead atoms. The topological polar surface area (TPSA) is 15.6 Å². The van der Waals surface area contributed by atoms with Crippen molar-refractivity contribution in [3.05, 3.63) is 132 Å². The fraction of sp³-hybridized carbons (Fsp3) is 0.528. The van der Waals surface area contributed by atoms with Gasteiger partial charge >= 0.3 is 0 Å². The number of likely N-dealkylation sites (N-methyl/N-ethyl adjacent to an activating group) is 1. The van der Waals surface area contributed by atoms with Gasteiger partial charge in [-0.25, -0.2) is 4.99 Å². The molecule has 0 amide bonds. The van der Waals surface area contributed by atoms with Crippen molar-refractivity contribution in [2.75, 3.05) is 7.05 Å². The number of benzene rings is 2. The monoisotopic (exact) mass is 735 g/mol. The minimum absolute atomic E-state index is 0.0977. The molecule has 0 radical (unpaired) electrons. The number of hydrogen-bond acceptors (Lipinski definition) is 2. The normalized spacial score (nSPS) is 28.6. The smallest absolute Gasteiger partial charge is 0.105 e. The van der Waals surface area contributed by atoms with Crippen LogP contribution in [0.4, 0.5) is 0 Å². The summed E-state index contributed by atoms with van der Waals surface area (Å²) < 4.78 is 0. The van der Waals surface area contributed by atoms with Crippen LogP contribution in [-0.4, -0.2) is 23.8 Å². The average molecular weight is 735 g/mol. The molecule has 5 aliphatic rings. The van der Waals surface area contributed by atoms with Gasteiger partial charge in [-0.05, 0) is 145 Å². The van der Waals surface area contributed by atoms with E-state index in [9.17, 15) is 0 Å². The van der Waals surface area contributed by atoms with E-state index in [0.29, 0.717) is 29.7 Å². The fourth-order valence-electron chi connectivity index (χ4n) is 10.7. The van der Waals surface area contributed by atoms with Gasteiger partial charge < -0.3 is 4.90 Å². The van der Waals surface area contributed by atoms with E-state index >= 15 is 0 Å². The molecule has 6 unspecified atom stereocenters. The highest BCUT2D eigenvalue weighted by atomic mass is 15.2. The SMILES string of the molecule is CCC(CCC(C)C(C)(C)c1ccc(-c2cccc([C@@H]3CCCC4C=CCC(C)C43)c2)cc1)CC1=NC(C2=CC/C=C\CC=C2)=C[C@H](C2CC=CCC2)N1C. The Labute approximate surface area is 335 Å². The summed E-state index contributed by atoms with van der Waals surface area (Å²) in [5.74, 6) is 6.14. The Morgan fingerprint density at radius 2 is 1.71 bits per heavy atom. The fourth-order valence-corrected chi connectivity index (χ4v) is 10.7. The number of allylic oxidation sites excluding steroid dienone is 9. The Morgan fingerprint density at radius 3 is 2.51 bits per heavy atom. The van der Waals surface area contributed by atoms with Crippen LogP contribution in [0.2, 0.25) is 0 Å². The van der Waals surface area contributed by atoms with Crippen molar-refractivity contribution in [3.63, 3.8) is 0 Å². The molecule has 1 aliphatic heterocycles. The third kappa shape index (κ3) is 9.16. The molecule has 7 rings (SSSR count). The van der Waals surface area contributed by atoms with Crippen molar-refractivity contribution >= 4 is 5.84 Å². The van der Waals surface area contributed by atoms with Gasteiger partial charge in [0.2, 0.25) is 0 Å². The van der Waals surface area contributed by atoms with Gasteiger partial charge in [0.1, 0.15) is 5.84 Å². The van der Waals surface area contributed by atoms with Gasteiger partial charge in [0.15, 0.2) is 0 Å². The number of amidine groups is 1. The van der Waals surface area contributed by atoms with Crippen molar-refractivity contribution < 1.29 is 0 Å². The van der Waals surface area contributed by atoms with E-state index in [1.165, 1.54) is 98.0 Å². The highest BCUT2D eigenvalue weighted by molar-refractivity contribution is 5.85. The summed E-state index contributed by atoms with van der Waals surface area (Å²) in [6, 6.07) is 19.6. The zero-order valence-electron chi connectivity index (χ0n) is 35.1. The largest absolute Gasteiger partial charge is 0.356 e. The second-order valence-electron chi connectivity index (χ2n) is 18.5. The molecule has 1 fully saturated rings. The van der Waals surface area contributed by atoms with Crippen LogP contribution in [0, 0.1) is 35.5 Å². The molecule has 0 spiro atoms. The van der Waals surface area contributed by atoms with Gasteiger partial charge in [0.05, 0.1) is 11.7 Å². The van der Waals surface area contributed by atoms with E-state index in [2.05, 4.69) is 156 Å². The zero-order chi connectivity index (χ0) is 38.4. The van der Waals surface area contributed by atoms with Crippen LogP contribution >= 0.6 is 0 Å². The van der Waals surface area contributed by atoms with Crippen molar-refractivity contribution in [2.24, 2.45) is 40.5 Å². The van der Waals surface area contributed by atoms with Crippen LogP contribution in [0.1, 0.15) is 135 Å². The van der Waals surface area contributed by atoms with Crippen LogP contribution in [-0.2, 0) is 5.41 Å². The summed E-state index contributed by atoms with van der Waals surface area (Å²) in [5.41, 5.74) is 8.32. The van der Waals surface area contributed by atoms with Gasteiger partial charge in [0, 0.05) is 13.5 Å². The summed E-state index contributed by atoms with van der Waals surface area (Å²) in [6.45, 7) is 12.3. The molecule has 0 aromatic heterocycles. The molecule has 1 heterocycles. The first kappa shape index (κ1) is 39.6. The summed E-state index contributed by atoms with van der Waals surface area (Å²) in [7, 11) is 2.32. The predicted molar refractivity (Wildman–Crippen MR) is 237 cm³/mol. The molecule has 0 N–H and O–H groups in total. The van der Waals surface area contributed by atoms with Crippen LogP contribution in [0.5, 0.6) is 0 Å². The maximum Gasteiger partial charge on any atom is 0.105 e. The Morgan fingerprint density at radius 1 is 0.873 bits per heavy atom. The predicted octanol–water partition coefficient (Wildman–Crippen LogP) is 14.3. The van der Waals surface area contributed by atoms with Crippen LogP contribution in [0.25, 0.3) is 11.1 Å². The Balaban J connectivity index is 1.01. The van der Waals surface area contributed by atoms with E-state index < -0.39 is 0 Å². The Hall–Kier alpha value is -3.65. The van der Waals surface area contributed by atoms with Crippen molar-refractivity contribution in [2.45, 2.75) is 135 Å². The Kier molecular flexibility index (Phi) is 13.0. The molecule has 2 aromatic carbocycles. The molecule has 1 saturated carbocycles. The van der Waals surface area contributed by atoms with Crippen molar-refractivity contribution in [1.29, 1.82) is 0 Å². The molecular formula is C53H70N2. The van der Waals surface area contributed by atoms with Crippen LogP contribution in [0.15, 0.2) is 126 Å². The minimum Gasteiger partial charge on any atom is -0.356 e. The molecule has 55 heavy (non-hydrogen) atoms. The van der Waals surface area contributed by atoms with Crippen molar-refractivity contribution in [3.8, 4) is 11.1 Å². The second kappa shape index (κ2) is 18.1. The van der Waals surface area contributed by atoms with E-state index in [4.69, 9.17) is 4.99 Å². The van der Waals surface area contributed by atoms with Gasteiger partial charge in [-0.2, -0.15) is 0 Å². The standard InChI is InChI=1S/C53H70N2/c1-7-40(35-51-54-49(42-20-12-9-8-10-13-21-42)37-50(55(51)6)43-22-14-11-15-23-43)30-29-39(3)53(4,5)47-33-31-41(32-34-47)45-26-17-27-46(36-45)48-28-18-25-44-24-16-19-38(2)52(44)48/h8-9,11,13-14,16-17,20-21,24,26-27,31-34,36-40,43-44,48,50,52H,7,10,12,15,18-19,22-23,25,28-30,35H2,1-6H3/b9-8-,21-13?,42-20?/t38?,39?,40?,43?,44?,48-,50+,52?/m0/s1. The lowest BCUT2D eigenvalue weighted by atomic mass is 9.62. The number of hydrogen-bond donors (Lipinski definition) is 0. The number of fused-ring (bicyclic) bond motifs is 1. The summed E-state index contributed by atoms with van der Waals surface area (Å²) in [5, 5.41) is 0. The number of nitrogens with zero attached hydrogens (tertiary/aromatic N) is 2. The molecule has 4 aliphatic carbocycles. The quantitative estimate of drug-likeness (QED) is 0.198. The number of rotatable bonds is 12. The summed E-state index contributed by atoms with van der Waals surface area (Å²) >= 11 is 0. The third-order valence-corrected chi connectivity index (χ3v) is 14.9. The zero-order valence-corrected chi connectivity index (χ0v) is 35.1. The van der Waals surface area contributed by atoms with Gasteiger partial charge in [-0.1, -0.05) is 151 Å². The lowest BCUT2D eigenvalue weighted by Gasteiger charge is -2.43. The average Bonchev–Trinajstić information content (AvgIpc) is 3.20. The first-order valence-electron chi connectivity index (χ1n) is 22.3. The molecule has 2 heteroatoms. The van der Waals surface area contributed by atoms with E-state index in [-0.39, 0.29) is 5.41 Å². The lowest BCUT2D eigenvalue weighted by Crippen LogP contribution is -2.44. The molecule has 8 atom stereocenters. The third-order valence-electron chi connectivity index (χ3n) is 14.9. The highest BCUT2D eigenvalue weighted by Gasteiger charge is 2.38. The van der Waals surface area contributed by atoms with Crippen molar-refractivity contribution in [1.82, 2.24) is 4.90 Å². The summed E-state index contributed by atoms with van der Waals surface area (Å²) in [6.07, 6.45) is 39.4. The molecule has 0 saturated heterocycles. The van der Waals surface area contributed by atoms with Crippen LogP contribution in [0.3, 0.4) is 0 Å².